The van der Waals surface area contributed by atoms with Crippen molar-refractivity contribution in [1.82, 2.24) is 20.1 Å². The minimum Gasteiger partial charge on any atom is -0.348 e. The van der Waals surface area contributed by atoms with Gasteiger partial charge in [0.1, 0.15) is 5.82 Å². The van der Waals surface area contributed by atoms with Crippen LogP contribution in [0.2, 0.25) is 0 Å². The summed E-state index contributed by atoms with van der Waals surface area (Å²) in [6.07, 6.45) is 1.79. The molecule has 1 amide bonds. The fraction of sp³-hybridized carbons (Fsp3) is 0.174. The Hall–Kier alpha value is -3.54. The number of nitrogens with one attached hydrogen (secondary N) is 1. The fourth-order valence-electron chi connectivity index (χ4n) is 3.40. The van der Waals surface area contributed by atoms with Crippen molar-refractivity contribution in [2.24, 2.45) is 0 Å². The molecule has 29 heavy (non-hydrogen) atoms. The van der Waals surface area contributed by atoms with E-state index >= 15 is 0 Å². The summed E-state index contributed by atoms with van der Waals surface area (Å²) in [7, 11) is 0. The predicted molar refractivity (Wildman–Crippen MR) is 111 cm³/mol. The standard InChI is InChI=1S/C23H21FN4O/c1-3-28-15(2)20(14-26-28)22-12-19(18-6-4-5-7-21(18)27-22)23(29)25-13-16-8-10-17(24)11-9-16/h4-12,14H,3,13H2,1-2H3,(H,25,29). The zero-order valence-electron chi connectivity index (χ0n) is 16.3. The summed E-state index contributed by atoms with van der Waals surface area (Å²) in [5.41, 5.74) is 4.77. The second-order valence-electron chi connectivity index (χ2n) is 6.84. The maximum atomic E-state index is 13.1. The van der Waals surface area contributed by atoms with Crippen LogP contribution < -0.4 is 5.32 Å². The number of carbonyl (C=O) groups is 1. The van der Waals surface area contributed by atoms with Crippen LogP contribution >= 0.6 is 0 Å². The number of fused-ring (bicyclic) bond motifs is 1. The van der Waals surface area contributed by atoms with E-state index in [0.717, 1.165) is 34.3 Å². The lowest BCUT2D eigenvalue weighted by Gasteiger charge is -2.11. The van der Waals surface area contributed by atoms with Gasteiger partial charge in [-0.05, 0) is 43.7 Å². The highest BCUT2D eigenvalue weighted by atomic mass is 19.1. The summed E-state index contributed by atoms with van der Waals surface area (Å²) in [6.45, 7) is 5.12. The molecule has 0 saturated heterocycles. The number of benzene rings is 2. The van der Waals surface area contributed by atoms with Crippen LogP contribution in [0.25, 0.3) is 22.2 Å². The molecule has 0 spiro atoms. The zero-order chi connectivity index (χ0) is 20.4. The summed E-state index contributed by atoms with van der Waals surface area (Å²) >= 11 is 0. The Bertz CT molecular complexity index is 1180. The number of nitrogens with zero attached hydrogens (tertiary/aromatic N) is 3. The number of pyridine rings is 1. The average Bonchev–Trinajstić information content (AvgIpc) is 3.12. The van der Waals surface area contributed by atoms with Crippen LogP contribution in [0, 0.1) is 12.7 Å². The van der Waals surface area contributed by atoms with Crippen molar-refractivity contribution in [3.05, 3.63) is 83.4 Å². The summed E-state index contributed by atoms with van der Waals surface area (Å²) in [4.78, 5) is 17.7. The van der Waals surface area contributed by atoms with E-state index in [2.05, 4.69) is 10.4 Å². The largest absolute Gasteiger partial charge is 0.348 e. The molecule has 0 unspecified atom stereocenters. The van der Waals surface area contributed by atoms with E-state index in [-0.39, 0.29) is 11.7 Å². The molecule has 5 nitrogen and oxygen atoms in total. The summed E-state index contributed by atoms with van der Waals surface area (Å²) in [5.74, 6) is -0.498. The molecule has 0 radical (unpaired) electrons. The highest BCUT2D eigenvalue weighted by Gasteiger charge is 2.16. The van der Waals surface area contributed by atoms with E-state index in [1.807, 2.05) is 48.9 Å². The molecule has 2 aromatic heterocycles. The maximum Gasteiger partial charge on any atom is 0.252 e. The Balaban J connectivity index is 1.71. The average molecular weight is 388 g/mol. The summed E-state index contributed by atoms with van der Waals surface area (Å²) in [5, 5.41) is 8.11. The van der Waals surface area contributed by atoms with Crippen LogP contribution in [0.1, 0.15) is 28.5 Å². The third kappa shape index (κ3) is 3.74. The SMILES string of the molecule is CCn1ncc(-c2cc(C(=O)NCc3ccc(F)cc3)c3ccccc3n2)c1C. The molecule has 146 valence electrons. The van der Waals surface area contributed by atoms with E-state index in [1.165, 1.54) is 12.1 Å². The molecule has 0 aliphatic carbocycles. The monoisotopic (exact) mass is 388 g/mol. The van der Waals surface area contributed by atoms with Crippen molar-refractivity contribution in [3.63, 3.8) is 0 Å². The van der Waals surface area contributed by atoms with Crippen molar-refractivity contribution in [2.75, 3.05) is 0 Å². The van der Waals surface area contributed by atoms with Gasteiger partial charge in [0, 0.05) is 29.7 Å². The first-order valence-corrected chi connectivity index (χ1v) is 9.52. The van der Waals surface area contributed by atoms with Gasteiger partial charge < -0.3 is 5.32 Å². The van der Waals surface area contributed by atoms with Crippen LogP contribution in [0.4, 0.5) is 4.39 Å². The summed E-state index contributed by atoms with van der Waals surface area (Å²) in [6, 6.07) is 15.5. The van der Waals surface area contributed by atoms with Gasteiger partial charge in [0.15, 0.2) is 0 Å². The van der Waals surface area contributed by atoms with Gasteiger partial charge in [0.2, 0.25) is 0 Å². The van der Waals surface area contributed by atoms with Gasteiger partial charge in [-0.25, -0.2) is 9.37 Å². The van der Waals surface area contributed by atoms with E-state index < -0.39 is 0 Å². The van der Waals surface area contributed by atoms with E-state index in [1.54, 1.807) is 18.3 Å². The van der Waals surface area contributed by atoms with Crippen LogP contribution in [0.15, 0.2) is 60.8 Å². The normalized spacial score (nSPS) is 11.0. The number of hydrogen-bond acceptors (Lipinski definition) is 3. The van der Waals surface area contributed by atoms with Crippen LogP contribution in [0.3, 0.4) is 0 Å². The minimum atomic E-state index is -0.298. The lowest BCUT2D eigenvalue weighted by Crippen LogP contribution is -2.23. The molecule has 4 aromatic rings. The van der Waals surface area contributed by atoms with Crippen molar-refractivity contribution < 1.29 is 9.18 Å². The lowest BCUT2D eigenvalue weighted by atomic mass is 10.0. The number of aryl methyl sites for hydroxylation is 1. The van der Waals surface area contributed by atoms with Crippen molar-refractivity contribution in [2.45, 2.75) is 26.9 Å². The van der Waals surface area contributed by atoms with Gasteiger partial charge >= 0.3 is 0 Å². The third-order valence-electron chi connectivity index (χ3n) is 5.01. The molecule has 0 atom stereocenters. The number of carbonyl (C=O) groups excluding carboxylic acids is 1. The van der Waals surface area contributed by atoms with Gasteiger partial charge in [0.05, 0.1) is 23.0 Å². The number of rotatable bonds is 5. The second kappa shape index (κ2) is 7.83. The Morgan fingerprint density at radius 2 is 1.90 bits per heavy atom. The van der Waals surface area contributed by atoms with Crippen molar-refractivity contribution in [1.29, 1.82) is 0 Å². The highest BCUT2D eigenvalue weighted by molar-refractivity contribution is 6.07. The number of halogens is 1. The van der Waals surface area contributed by atoms with E-state index in [9.17, 15) is 9.18 Å². The molecule has 2 heterocycles. The molecule has 0 aliphatic rings. The van der Waals surface area contributed by atoms with Crippen molar-refractivity contribution in [3.8, 4) is 11.3 Å². The molecular weight excluding hydrogens is 367 g/mol. The van der Waals surface area contributed by atoms with Gasteiger partial charge in [-0.3, -0.25) is 9.48 Å². The van der Waals surface area contributed by atoms with Crippen LogP contribution in [0.5, 0.6) is 0 Å². The molecular formula is C23H21FN4O. The maximum absolute atomic E-state index is 13.1. The topological polar surface area (TPSA) is 59.8 Å². The molecule has 0 aliphatic heterocycles. The summed E-state index contributed by atoms with van der Waals surface area (Å²) < 4.78 is 15.0. The van der Waals surface area contributed by atoms with Gasteiger partial charge in [0.25, 0.3) is 5.91 Å². The van der Waals surface area contributed by atoms with Crippen molar-refractivity contribution >= 4 is 16.8 Å². The number of hydrogen-bond donors (Lipinski definition) is 1. The second-order valence-corrected chi connectivity index (χ2v) is 6.84. The minimum absolute atomic E-state index is 0.199. The third-order valence-corrected chi connectivity index (χ3v) is 5.01. The van der Waals surface area contributed by atoms with E-state index in [0.29, 0.717) is 17.8 Å². The first-order valence-electron chi connectivity index (χ1n) is 9.52. The molecule has 4 rings (SSSR count). The Morgan fingerprint density at radius 1 is 1.14 bits per heavy atom. The first kappa shape index (κ1) is 18.8. The molecule has 2 aromatic carbocycles. The van der Waals surface area contributed by atoms with Crippen LogP contribution in [-0.4, -0.2) is 20.7 Å². The number of para-hydroxylation sites is 1. The Morgan fingerprint density at radius 3 is 2.62 bits per heavy atom. The molecule has 6 heteroatoms. The van der Waals surface area contributed by atoms with E-state index in [4.69, 9.17) is 4.98 Å². The first-order chi connectivity index (χ1) is 14.1. The fourth-order valence-corrected chi connectivity index (χ4v) is 3.40. The number of aromatic nitrogens is 3. The Labute approximate surface area is 168 Å². The van der Waals surface area contributed by atoms with Gasteiger partial charge in [-0.15, -0.1) is 0 Å². The molecule has 0 fully saturated rings. The molecule has 0 saturated carbocycles. The molecule has 0 bridgehead atoms. The number of amides is 1. The van der Waals surface area contributed by atoms with Gasteiger partial charge in [-0.1, -0.05) is 30.3 Å². The zero-order valence-corrected chi connectivity index (χ0v) is 16.3. The van der Waals surface area contributed by atoms with Crippen LogP contribution in [-0.2, 0) is 13.1 Å². The lowest BCUT2D eigenvalue weighted by molar-refractivity contribution is 0.0952. The predicted octanol–water partition coefficient (Wildman–Crippen LogP) is 4.50. The molecule has 1 N–H and O–H groups in total. The smallest absolute Gasteiger partial charge is 0.252 e. The highest BCUT2D eigenvalue weighted by Crippen LogP contribution is 2.27. The Kier molecular flexibility index (Phi) is 5.08. The quantitative estimate of drug-likeness (QED) is 0.548. The van der Waals surface area contributed by atoms with Gasteiger partial charge in [-0.2, -0.15) is 5.10 Å².